The van der Waals surface area contributed by atoms with E-state index in [0.29, 0.717) is 17.9 Å². The Labute approximate surface area is 148 Å². The van der Waals surface area contributed by atoms with Crippen molar-refractivity contribution in [2.24, 2.45) is 5.73 Å². The fourth-order valence-electron chi connectivity index (χ4n) is 2.51. The molecule has 25 heavy (non-hydrogen) atoms. The van der Waals surface area contributed by atoms with Crippen molar-refractivity contribution in [2.45, 2.75) is 31.9 Å². The molecule has 0 spiro atoms. The molecule has 2 unspecified atom stereocenters. The van der Waals surface area contributed by atoms with Gasteiger partial charge in [-0.15, -0.1) is 0 Å². The van der Waals surface area contributed by atoms with Gasteiger partial charge in [0.2, 0.25) is 0 Å². The molecule has 5 nitrogen and oxygen atoms in total. The number of rotatable bonds is 10. The smallest absolute Gasteiger partial charge is 0.252 e. The number of primary amides is 1. The number of nitrogens with one attached hydrogen (secondary N) is 1. The lowest BCUT2D eigenvalue weighted by molar-refractivity contribution is 0.0957. The first-order chi connectivity index (χ1) is 12.1. The number of nitrogens with two attached hydrogens (primary N) is 1. The van der Waals surface area contributed by atoms with Gasteiger partial charge in [0, 0.05) is 12.6 Å². The molecule has 2 aromatic carbocycles. The number of aliphatic hydroxyl groups is 1. The van der Waals surface area contributed by atoms with Crippen LogP contribution < -0.4 is 15.8 Å². The first-order valence-corrected chi connectivity index (χ1v) is 8.53. The van der Waals surface area contributed by atoms with E-state index in [1.54, 1.807) is 24.3 Å². The van der Waals surface area contributed by atoms with Gasteiger partial charge >= 0.3 is 0 Å². The molecule has 0 aromatic heterocycles. The van der Waals surface area contributed by atoms with Gasteiger partial charge < -0.3 is 20.9 Å². The molecule has 0 saturated carbocycles. The van der Waals surface area contributed by atoms with E-state index in [0.717, 1.165) is 12.8 Å². The number of carbonyl (C=O) groups excluding carboxylic acids is 1. The Morgan fingerprint density at radius 3 is 2.56 bits per heavy atom. The van der Waals surface area contributed by atoms with Gasteiger partial charge in [0.25, 0.3) is 5.91 Å². The maximum Gasteiger partial charge on any atom is 0.252 e. The molecule has 0 aliphatic carbocycles. The molecule has 0 aliphatic heterocycles. The number of amides is 1. The summed E-state index contributed by atoms with van der Waals surface area (Å²) < 4.78 is 5.53. The fraction of sp³-hybridized carbons (Fsp3) is 0.350. The maximum absolute atomic E-state index is 11.3. The molecule has 0 heterocycles. The zero-order valence-electron chi connectivity index (χ0n) is 14.5. The van der Waals surface area contributed by atoms with Crippen LogP contribution in [0.4, 0.5) is 0 Å². The minimum atomic E-state index is -0.667. The van der Waals surface area contributed by atoms with Crippen LogP contribution in [-0.2, 0) is 6.42 Å². The van der Waals surface area contributed by atoms with Gasteiger partial charge in [-0.3, -0.25) is 4.79 Å². The van der Waals surface area contributed by atoms with E-state index in [1.165, 1.54) is 5.56 Å². The predicted molar refractivity (Wildman–Crippen MR) is 98.7 cm³/mol. The molecular weight excluding hydrogens is 316 g/mol. The first-order valence-electron chi connectivity index (χ1n) is 8.53. The predicted octanol–water partition coefficient (Wildman–Crippen LogP) is 2.14. The SMILES string of the molecule is CC(CCc1ccccc1)NCC(O)COc1ccccc1C(N)=O. The normalized spacial score (nSPS) is 13.2. The van der Waals surface area contributed by atoms with Gasteiger partial charge in [-0.2, -0.15) is 0 Å². The molecule has 2 rings (SSSR count). The van der Waals surface area contributed by atoms with Crippen LogP contribution in [0, 0.1) is 0 Å². The second kappa shape index (κ2) is 9.81. The number of aryl methyl sites for hydroxylation is 1. The Bertz CT molecular complexity index is 661. The van der Waals surface area contributed by atoms with Crippen molar-refractivity contribution < 1.29 is 14.6 Å². The number of para-hydroxylation sites is 1. The van der Waals surface area contributed by atoms with Crippen molar-refractivity contribution in [1.82, 2.24) is 5.32 Å². The number of aliphatic hydroxyl groups excluding tert-OH is 1. The summed E-state index contributed by atoms with van der Waals surface area (Å²) in [6.07, 6.45) is 1.32. The molecule has 2 aromatic rings. The van der Waals surface area contributed by atoms with E-state index >= 15 is 0 Å². The summed E-state index contributed by atoms with van der Waals surface area (Å²) in [7, 11) is 0. The number of carbonyl (C=O) groups is 1. The van der Waals surface area contributed by atoms with E-state index in [4.69, 9.17) is 10.5 Å². The number of hydrogen-bond donors (Lipinski definition) is 3. The average Bonchev–Trinajstić information content (AvgIpc) is 2.64. The average molecular weight is 342 g/mol. The molecule has 134 valence electrons. The third-order valence-electron chi connectivity index (χ3n) is 3.99. The van der Waals surface area contributed by atoms with Crippen molar-refractivity contribution >= 4 is 5.91 Å². The van der Waals surface area contributed by atoms with Crippen molar-refractivity contribution in [3.63, 3.8) is 0 Å². The van der Waals surface area contributed by atoms with E-state index in [-0.39, 0.29) is 12.6 Å². The summed E-state index contributed by atoms with van der Waals surface area (Å²) in [5.41, 5.74) is 6.93. The summed E-state index contributed by atoms with van der Waals surface area (Å²) in [4.78, 5) is 11.3. The zero-order chi connectivity index (χ0) is 18.1. The Kier molecular flexibility index (Phi) is 7.44. The summed E-state index contributed by atoms with van der Waals surface area (Å²) >= 11 is 0. The zero-order valence-corrected chi connectivity index (χ0v) is 14.5. The minimum Gasteiger partial charge on any atom is -0.490 e. The molecule has 4 N–H and O–H groups in total. The molecule has 0 aliphatic rings. The lowest BCUT2D eigenvalue weighted by atomic mass is 10.1. The molecule has 1 amide bonds. The van der Waals surface area contributed by atoms with Crippen LogP contribution in [0.15, 0.2) is 54.6 Å². The molecular formula is C20H26N2O3. The van der Waals surface area contributed by atoms with Gasteiger partial charge in [0.15, 0.2) is 0 Å². The number of hydrogen-bond acceptors (Lipinski definition) is 4. The third-order valence-corrected chi connectivity index (χ3v) is 3.99. The molecule has 0 radical (unpaired) electrons. The van der Waals surface area contributed by atoms with Crippen molar-refractivity contribution in [1.29, 1.82) is 0 Å². The van der Waals surface area contributed by atoms with Gasteiger partial charge in [0.05, 0.1) is 5.56 Å². The summed E-state index contributed by atoms with van der Waals surface area (Å²) in [6, 6.07) is 17.4. The van der Waals surface area contributed by atoms with Gasteiger partial charge in [-0.25, -0.2) is 0 Å². The maximum atomic E-state index is 11.3. The summed E-state index contributed by atoms with van der Waals surface area (Å²) in [5.74, 6) is -0.149. The Balaban J connectivity index is 1.70. The van der Waals surface area contributed by atoms with Crippen LogP contribution in [0.2, 0.25) is 0 Å². The quantitative estimate of drug-likeness (QED) is 0.617. The van der Waals surface area contributed by atoms with Crippen LogP contribution in [0.3, 0.4) is 0 Å². The standard InChI is InChI=1S/C20H26N2O3/c1-15(11-12-16-7-3-2-4-8-16)22-13-17(23)14-25-19-10-6-5-9-18(19)20(21)24/h2-10,15,17,22-23H,11-14H2,1H3,(H2,21,24). The van der Waals surface area contributed by atoms with Gasteiger partial charge in [-0.05, 0) is 37.5 Å². The van der Waals surface area contributed by atoms with Gasteiger partial charge in [0.1, 0.15) is 18.5 Å². The van der Waals surface area contributed by atoms with Gasteiger partial charge in [-0.1, -0.05) is 42.5 Å². The second-order valence-electron chi connectivity index (χ2n) is 6.16. The fourth-order valence-corrected chi connectivity index (χ4v) is 2.51. The first kappa shape index (κ1) is 19.0. The number of ether oxygens (including phenoxy) is 1. The Morgan fingerprint density at radius 2 is 1.84 bits per heavy atom. The Morgan fingerprint density at radius 1 is 1.16 bits per heavy atom. The lowest BCUT2D eigenvalue weighted by Gasteiger charge is -2.18. The van der Waals surface area contributed by atoms with Crippen LogP contribution >= 0.6 is 0 Å². The highest BCUT2D eigenvalue weighted by Crippen LogP contribution is 2.17. The topological polar surface area (TPSA) is 84.6 Å². The van der Waals surface area contributed by atoms with Crippen molar-refractivity contribution in [2.75, 3.05) is 13.2 Å². The highest BCUT2D eigenvalue weighted by Gasteiger charge is 2.12. The Hall–Kier alpha value is -2.37. The highest BCUT2D eigenvalue weighted by atomic mass is 16.5. The molecule has 0 fully saturated rings. The van der Waals surface area contributed by atoms with Crippen LogP contribution in [0.25, 0.3) is 0 Å². The van der Waals surface area contributed by atoms with E-state index in [9.17, 15) is 9.90 Å². The van der Waals surface area contributed by atoms with Crippen molar-refractivity contribution in [3.8, 4) is 5.75 Å². The monoisotopic (exact) mass is 342 g/mol. The van der Waals surface area contributed by atoms with Crippen LogP contribution in [0.1, 0.15) is 29.3 Å². The molecule has 0 bridgehead atoms. The highest BCUT2D eigenvalue weighted by molar-refractivity contribution is 5.95. The summed E-state index contributed by atoms with van der Waals surface area (Å²) in [5, 5.41) is 13.4. The van der Waals surface area contributed by atoms with E-state index in [2.05, 4.69) is 24.4 Å². The van der Waals surface area contributed by atoms with E-state index < -0.39 is 12.0 Å². The van der Waals surface area contributed by atoms with Crippen LogP contribution in [-0.4, -0.2) is 36.3 Å². The summed E-state index contributed by atoms with van der Waals surface area (Å²) in [6.45, 7) is 2.62. The second-order valence-corrected chi connectivity index (χ2v) is 6.16. The minimum absolute atomic E-state index is 0.0999. The van der Waals surface area contributed by atoms with Crippen LogP contribution in [0.5, 0.6) is 5.75 Å². The number of benzene rings is 2. The van der Waals surface area contributed by atoms with E-state index in [1.807, 2.05) is 18.2 Å². The lowest BCUT2D eigenvalue weighted by Crippen LogP contribution is -2.37. The molecule has 0 saturated heterocycles. The molecule has 2 atom stereocenters. The largest absolute Gasteiger partial charge is 0.490 e. The van der Waals surface area contributed by atoms with Crippen molar-refractivity contribution in [3.05, 3.63) is 65.7 Å². The third kappa shape index (κ3) is 6.57. The molecule has 5 heteroatoms.